The molecule has 1 aliphatic rings. The standard InChI is InChI=1S/C20H23N7O/c1-2-21-20-22-13-16(14-23-20)19(28)26-9-8-17-24-25-18(27(17)11-10-26)12-15-6-4-3-5-7-15/h3-7,13-14H,2,8-12H2,1H3,(H,21,22,23). The lowest BCUT2D eigenvalue weighted by atomic mass is 10.1. The molecule has 144 valence electrons. The van der Waals surface area contributed by atoms with Crippen molar-refractivity contribution in [2.45, 2.75) is 26.3 Å². The van der Waals surface area contributed by atoms with Crippen LogP contribution in [0.3, 0.4) is 0 Å². The van der Waals surface area contributed by atoms with E-state index in [0.717, 1.165) is 24.6 Å². The monoisotopic (exact) mass is 377 g/mol. The highest BCUT2D eigenvalue weighted by Crippen LogP contribution is 2.15. The molecule has 0 radical (unpaired) electrons. The number of hydrogen-bond donors (Lipinski definition) is 1. The van der Waals surface area contributed by atoms with Crippen LogP contribution in [0.25, 0.3) is 0 Å². The average Bonchev–Trinajstić information content (AvgIpc) is 2.97. The molecule has 28 heavy (non-hydrogen) atoms. The van der Waals surface area contributed by atoms with Crippen LogP contribution in [-0.2, 0) is 19.4 Å². The van der Waals surface area contributed by atoms with Gasteiger partial charge in [-0.15, -0.1) is 10.2 Å². The third-order valence-electron chi connectivity index (χ3n) is 4.83. The van der Waals surface area contributed by atoms with Crippen molar-refractivity contribution in [2.24, 2.45) is 0 Å². The van der Waals surface area contributed by atoms with Gasteiger partial charge in [0.05, 0.1) is 5.56 Å². The number of nitrogens with one attached hydrogen (secondary N) is 1. The van der Waals surface area contributed by atoms with Gasteiger partial charge in [0.25, 0.3) is 5.91 Å². The fourth-order valence-electron chi connectivity index (χ4n) is 3.37. The normalized spacial score (nSPS) is 13.7. The van der Waals surface area contributed by atoms with E-state index in [1.807, 2.05) is 30.0 Å². The van der Waals surface area contributed by atoms with Crippen LogP contribution in [0, 0.1) is 0 Å². The molecule has 8 heteroatoms. The number of benzene rings is 1. The number of carbonyl (C=O) groups excluding carboxylic acids is 1. The van der Waals surface area contributed by atoms with Gasteiger partial charge in [-0.1, -0.05) is 30.3 Å². The molecular weight excluding hydrogens is 354 g/mol. The first-order chi connectivity index (χ1) is 13.7. The summed E-state index contributed by atoms with van der Waals surface area (Å²) in [5.74, 6) is 2.35. The highest BCUT2D eigenvalue weighted by molar-refractivity contribution is 5.93. The molecule has 0 bridgehead atoms. The first kappa shape index (κ1) is 18.1. The molecule has 8 nitrogen and oxygen atoms in total. The van der Waals surface area contributed by atoms with E-state index in [1.54, 1.807) is 12.4 Å². The summed E-state index contributed by atoms with van der Waals surface area (Å²) in [6, 6.07) is 10.2. The van der Waals surface area contributed by atoms with Crippen molar-refractivity contribution >= 4 is 11.9 Å². The van der Waals surface area contributed by atoms with E-state index in [0.29, 0.717) is 37.6 Å². The van der Waals surface area contributed by atoms with E-state index in [9.17, 15) is 4.79 Å². The van der Waals surface area contributed by atoms with Crippen molar-refractivity contribution in [3.05, 3.63) is 65.5 Å². The fourth-order valence-corrected chi connectivity index (χ4v) is 3.37. The van der Waals surface area contributed by atoms with E-state index in [-0.39, 0.29) is 5.91 Å². The molecule has 4 rings (SSSR count). The van der Waals surface area contributed by atoms with Gasteiger partial charge in [-0.05, 0) is 12.5 Å². The zero-order valence-corrected chi connectivity index (χ0v) is 15.9. The van der Waals surface area contributed by atoms with Crippen molar-refractivity contribution in [3.63, 3.8) is 0 Å². The van der Waals surface area contributed by atoms with E-state index >= 15 is 0 Å². The molecule has 3 aromatic rings. The molecule has 0 spiro atoms. The number of carbonyl (C=O) groups is 1. The number of amides is 1. The van der Waals surface area contributed by atoms with E-state index < -0.39 is 0 Å². The number of nitrogens with zero attached hydrogens (tertiary/aromatic N) is 6. The van der Waals surface area contributed by atoms with Crippen LogP contribution >= 0.6 is 0 Å². The highest BCUT2D eigenvalue weighted by Gasteiger charge is 2.23. The van der Waals surface area contributed by atoms with Crippen LogP contribution < -0.4 is 5.32 Å². The second-order valence-corrected chi connectivity index (χ2v) is 6.71. The predicted molar refractivity (Wildman–Crippen MR) is 105 cm³/mol. The molecule has 0 saturated heterocycles. The summed E-state index contributed by atoms with van der Waals surface area (Å²) in [5.41, 5.74) is 1.71. The van der Waals surface area contributed by atoms with Crippen LogP contribution in [0.2, 0.25) is 0 Å². The van der Waals surface area contributed by atoms with Gasteiger partial charge in [-0.25, -0.2) is 9.97 Å². The predicted octanol–water partition coefficient (Wildman–Crippen LogP) is 1.79. The Kier molecular flexibility index (Phi) is 5.27. The minimum absolute atomic E-state index is 0.0497. The highest BCUT2D eigenvalue weighted by atomic mass is 16.2. The third kappa shape index (κ3) is 3.85. The molecule has 1 N–H and O–H groups in total. The first-order valence-electron chi connectivity index (χ1n) is 9.54. The third-order valence-corrected chi connectivity index (χ3v) is 4.83. The first-order valence-corrected chi connectivity index (χ1v) is 9.54. The van der Waals surface area contributed by atoms with Gasteiger partial charge in [0.2, 0.25) is 5.95 Å². The van der Waals surface area contributed by atoms with Crippen LogP contribution in [0.4, 0.5) is 5.95 Å². The van der Waals surface area contributed by atoms with Crippen LogP contribution in [-0.4, -0.2) is 55.2 Å². The minimum atomic E-state index is -0.0497. The van der Waals surface area contributed by atoms with E-state index in [2.05, 4.69) is 42.2 Å². The Morgan fingerprint density at radius 3 is 2.61 bits per heavy atom. The van der Waals surface area contributed by atoms with Gasteiger partial charge < -0.3 is 14.8 Å². The van der Waals surface area contributed by atoms with Crippen molar-refractivity contribution in [2.75, 3.05) is 25.0 Å². The fraction of sp³-hybridized carbons (Fsp3) is 0.350. The molecule has 0 atom stereocenters. The quantitative estimate of drug-likeness (QED) is 0.729. The summed E-state index contributed by atoms with van der Waals surface area (Å²) < 4.78 is 2.14. The maximum atomic E-state index is 12.9. The summed E-state index contributed by atoms with van der Waals surface area (Å²) in [5, 5.41) is 11.8. The lowest BCUT2D eigenvalue weighted by molar-refractivity contribution is 0.0758. The molecule has 1 aromatic carbocycles. The Balaban J connectivity index is 1.45. The van der Waals surface area contributed by atoms with Gasteiger partial charge in [-0.2, -0.15) is 0 Å². The van der Waals surface area contributed by atoms with Crippen molar-refractivity contribution in [1.29, 1.82) is 0 Å². The molecule has 0 saturated carbocycles. The maximum absolute atomic E-state index is 12.9. The van der Waals surface area contributed by atoms with E-state index in [1.165, 1.54) is 5.56 Å². The summed E-state index contributed by atoms with van der Waals surface area (Å²) in [6.45, 7) is 4.62. The smallest absolute Gasteiger partial charge is 0.257 e. The van der Waals surface area contributed by atoms with Crippen LogP contribution in [0.1, 0.15) is 34.5 Å². The van der Waals surface area contributed by atoms with Crippen LogP contribution in [0.15, 0.2) is 42.7 Å². The summed E-state index contributed by atoms with van der Waals surface area (Å²) in [4.78, 5) is 23.1. The Labute approximate surface area is 163 Å². The number of aromatic nitrogens is 5. The topological polar surface area (TPSA) is 88.8 Å². The molecule has 1 aliphatic heterocycles. The van der Waals surface area contributed by atoms with Gasteiger partial charge >= 0.3 is 0 Å². The second-order valence-electron chi connectivity index (χ2n) is 6.71. The average molecular weight is 377 g/mol. The molecule has 3 heterocycles. The second kappa shape index (κ2) is 8.16. The Morgan fingerprint density at radius 1 is 1.07 bits per heavy atom. The largest absolute Gasteiger partial charge is 0.355 e. The molecular formula is C20H23N7O. The molecule has 0 unspecified atom stereocenters. The van der Waals surface area contributed by atoms with Crippen LogP contribution in [0.5, 0.6) is 0 Å². The zero-order valence-electron chi connectivity index (χ0n) is 15.9. The summed E-state index contributed by atoms with van der Waals surface area (Å²) >= 11 is 0. The summed E-state index contributed by atoms with van der Waals surface area (Å²) in [6.07, 6.45) is 4.59. The molecule has 0 fully saturated rings. The molecule has 2 aromatic heterocycles. The number of fused-ring (bicyclic) bond motifs is 1. The minimum Gasteiger partial charge on any atom is -0.355 e. The number of rotatable bonds is 5. The van der Waals surface area contributed by atoms with Crippen molar-refractivity contribution in [1.82, 2.24) is 29.6 Å². The SMILES string of the molecule is CCNc1ncc(C(=O)N2CCc3nnc(Cc4ccccc4)n3CC2)cn1. The van der Waals surface area contributed by atoms with Crippen molar-refractivity contribution in [3.8, 4) is 0 Å². The lowest BCUT2D eigenvalue weighted by Crippen LogP contribution is -2.34. The van der Waals surface area contributed by atoms with Crippen molar-refractivity contribution < 1.29 is 4.79 Å². The Hall–Kier alpha value is -3.29. The van der Waals surface area contributed by atoms with Gasteiger partial charge in [0.1, 0.15) is 11.6 Å². The molecule has 0 aliphatic carbocycles. The van der Waals surface area contributed by atoms with Gasteiger partial charge in [-0.3, -0.25) is 4.79 Å². The van der Waals surface area contributed by atoms with Gasteiger partial charge in [0.15, 0.2) is 0 Å². The maximum Gasteiger partial charge on any atom is 0.257 e. The Morgan fingerprint density at radius 2 is 1.86 bits per heavy atom. The number of hydrogen-bond acceptors (Lipinski definition) is 6. The Bertz CT molecular complexity index is 937. The van der Waals surface area contributed by atoms with E-state index in [4.69, 9.17) is 0 Å². The summed E-state index contributed by atoms with van der Waals surface area (Å²) in [7, 11) is 0. The van der Waals surface area contributed by atoms with Gasteiger partial charge in [0, 0.05) is 51.4 Å². The number of anilines is 1. The lowest BCUT2D eigenvalue weighted by Gasteiger charge is -2.20. The molecule has 1 amide bonds. The zero-order chi connectivity index (χ0) is 19.3.